The van der Waals surface area contributed by atoms with E-state index in [0.29, 0.717) is 11.8 Å². The van der Waals surface area contributed by atoms with Crippen molar-refractivity contribution in [2.24, 2.45) is 11.8 Å². The average molecular weight is 284 g/mol. The minimum Gasteiger partial charge on any atom is -0.493 e. The van der Waals surface area contributed by atoms with Crippen LogP contribution in [0.25, 0.3) is 0 Å². The molecule has 5 rings (SSSR count). The van der Waals surface area contributed by atoms with Crippen LogP contribution in [0.2, 0.25) is 0 Å². The maximum Gasteiger partial charge on any atom is 0.165 e. The Morgan fingerprint density at radius 1 is 1.33 bits per heavy atom. The van der Waals surface area contributed by atoms with Crippen molar-refractivity contribution in [2.45, 2.75) is 43.3 Å². The fourth-order valence-electron chi connectivity index (χ4n) is 5.53. The summed E-state index contributed by atoms with van der Waals surface area (Å²) in [6.07, 6.45) is 8.35. The Hall–Kier alpha value is -1.48. The Morgan fingerprint density at radius 3 is 3.10 bits per heavy atom. The molecule has 1 saturated carbocycles. The van der Waals surface area contributed by atoms with Crippen molar-refractivity contribution in [3.8, 4) is 11.5 Å². The molecule has 1 heterocycles. The van der Waals surface area contributed by atoms with E-state index in [0.717, 1.165) is 24.3 Å². The summed E-state index contributed by atoms with van der Waals surface area (Å²) in [7, 11) is 1.69. The lowest BCUT2D eigenvalue weighted by Gasteiger charge is -2.53. The zero-order chi connectivity index (χ0) is 14.2. The van der Waals surface area contributed by atoms with Gasteiger partial charge in [0.15, 0.2) is 11.5 Å². The lowest BCUT2D eigenvalue weighted by Crippen LogP contribution is -2.57. The van der Waals surface area contributed by atoms with Crippen molar-refractivity contribution >= 4 is 0 Å². The molecule has 1 spiro atoms. The Bertz CT molecular complexity index is 650. The Labute approximate surface area is 124 Å². The molecule has 5 unspecified atom stereocenters. The zero-order valence-electron chi connectivity index (χ0n) is 12.2. The van der Waals surface area contributed by atoms with E-state index in [1.807, 2.05) is 12.1 Å². The highest BCUT2D eigenvalue weighted by Gasteiger charge is 2.63. The summed E-state index contributed by atoms with van der Waals surface area (Å²) in [4.78, 5) is 0. The molecule has 1 aromatic rings. The second kappa shape index (κ2) is 3.83. The Kier molecular flexibility index (Phi) is 2.21. The number of allylic oxidation sites excluding steroid dienone is 1. The van der Waals surface area contributed by atoms with Crippen molar-refractivity contribution < 1.29 is 14.6 Å². The van der Waals surface area contributed by atoms with Gasteiger partial charge in [-0.25, -0.2) is 0 Å². The van der Waals surface area contributed by atoms with Crippen molar-refractivity contribution in [1.82, 2.24) is 0 Å². The van der Waals surface area contributed by atoms with Gasteiger partial charge in [0.1, 0.15) is 12.2 Å². The molecule has 1 aliphatic heterocycles. The molecule has 21 heavy (non-hydrogen) atoms. The third kappa shape index (κ3) is 1.25. The number of aliphatic hydroxyl groups excluding tert-OH is 1. The normalized spacial score (nSPS) is 41.4. The molecule has 5 atom stereocenters. The first kappa shape index (κ1) is 12.1. The van der Waals surface area contributed by atoms with Gasteiger partial charge in [-0.05, 0) is 42.7 Å². The van der Waals surface area contributed by atoms with E-state index in [-0.39, 0.29) is 11.5 Å². The van der Waals surface area contributed by atoms with Crippen LogP contribution in [-0.2, 0) is 11.8 Å². The van der Waals surface area contributed by atoms with Gasteiger partial charge in [-0.15, -0.1) is 0 Å². The van der Waals surface area contributed by atoms with E-state index in [2.05, 4.69) is 12.1 Å². The van der Waals surface area contributed by atoms with Gasteiger partial charge in [0.2, 0.25) is 0 Å². The highest BCUT2D eigenvalue weighted by atomic mass is 16.5. The van der Waals surface area contributed by atoms with Gasteiger partial charge in [-0.2, -0.15) is 0 Å². The molecule has 2 bridgehead atoms. The minimum absolute atomic E-state index is 0.0193. The fraction of sp³-hybridized carbons (Fsp3) is 0.556. The van der Waals surface area contributed by atoms with Crippen LogP contribution in [0.1, 0.15) is 30.4 Å². The molecule has 0 radical (unpaired) electrons. The second-order valence-electron chi connectivity index (χ2n) is 6.97. The summed E-state index contributed by atoms with van der Waals surface area (Å²) >= 11 is 0. The van der Waals surface area contributed by atoms with E-state index in [1.165, 1.54) is 24.0 Å². The number of rotatable bonds is 1. The average Bonchev–Trinajstić information content (AvgIpc) is 2.83. The van der Waals surface area contributed by atoms with E-state index in [4.69, 9.17) is 9.47 Å². The van der Waals surface area contributed by atoms with Gasteiger partial charge in [-0.3, -0.25) is 0 Å². The summed E-state index contributed by atoms with van der Waals surface area (Å²) in [5, 5.41) is 10.5. The predicted molar refractivity (Wildman–Crippen MR) is 78.8 cm³/mol. The quantitative estimate of drug-likeness (QED) is 0.806. The van der Waals surface area contributed by atoms with E-state index in [1.54, 1.807) is 7.11 Å². The number of benzene rings is 1. The number of hydrogen-bond acceptors (Lipinski definition) is 3. The maximum absolute atomic E-state index is 10.5. The van der Waals surface area contributed by atoms with Crippen molar-refractivity contribution in [3.63, 3.8) is 0 Å². The van der Waals surface area contributed by atoms with Crippen molar-refractivity contribution in [2.75, 3.05) is 7.11 Å². The van der Waals surface area contributed by atoms with Crippen molar-refractivity contribution in [3.05, 3.63) is 35.4 Å². The molecule has 3 nitrogen and oxygen atoms in total. The lowest BCUT2D eigenvalue weighted by atomic mass is 9.50. The molecule has 110 valence electrons. The number of aliphatic hydroxyl groups is 1. The molecule has 1 aromatic carbocycles. The molecular formula is C18H20O3. The molecule has 0 aromatic heterocycles. The topological polar surface area (TPSA) is 38.7 Å². The molecule has 3 heteroatoms. The van der Waals surface area contributed by atoms with Crippen LogP contribution in [0.3, 0.4) is 0 Å². The Balaban J connectivity index is 1.84. The van der Waals surface area contributed by atoms with Crippen LogP contribution in [-0.4, -0.2) is 24.4 Å². The van der Waals surface area contributed by atoms with Crippen LogP contribution < -0.4 is 9.47 Å². The molecule has 0 amide bonds. The van der Waals surface area contributed by atoms with Gasteiger partial charge in [-0.1, -0.05) is 24.6 Å². The molecular weight excluding hydrogens is 264 g/mol. The van der Waals surface area contributed by atoms with Gasteiger partial charge in [0.05, 0.1) is 7.11 Å². The number of ether oxygens (including phenoxy) is 2. The predicted octanol–water partition coefficient (Wildman–Crippen LogP) is 2.60. The third-order valence-electron chi connectivity index (χ3n) is 6.22. The van der Waals surface area contributed by atoms with Crippen LogP contribution >= 0.6 is 0 Å². The highest BCUT2D eigenvalue weighted by molar-refractivity contribution is 5.61. The SMILES string of the molecule is COc1ccc2c3c1OC1C(O)C=CC4C(CCCC341)C2. The molecule has 1 N–H and O–H groups in total. The zero-order valence-corrected chi connectivity index (χ0v) is 12.2. The third-order valence-corrected chi connectivity index (χ3v) is 6.22. The van der Waals surface area contributed by atoms with Gasteiger partial charge < -0.3 is 14.6 Å². The molecule has 1 fully saturated rings. The first-order valence-corrected chi connectivity index (χ1v) is 7.99. The standard InChI is InChI=1S/C18H20O3/c1-20-14-7-4-11-9-10-3-2-8-18-12(10)5-6-13(19)17(18)21-16(14)15(11)18/h4-7,10,12-13,17,19H,2-3,8-9H2,1H3. The van der Waals surface area contributed by atoms with Crippen molar-refractivity contribution in [1.29, 1.82) is 0 Å². The monoisotopic (exact) mass is 284 g/mol. The van der Waals surface area contributed by atoms with Crippen LogP contribution in [0, 0.1) is 11.8 Å². The Morgan fingerprint density at radius 2 is 2.24 bits per heavy atom. The summed E-state index contributed by atoms with van der Waals surface area (Å²) in [5.41, 5.74) is 2.74. The van der Waals surface area contributed by atoms with Crippen LogP contribution in [0.5, 0.6) is 11.5 Å². The number of methoxy groups -OCH3 is 1. The summed E-state index contributed by atoms with van der Waals surface area (Å²) in [5.74, 6) is 2.92. The summed E-state index contributed by atoms with van der Waals surface area (Å²) < 4.78 is 11.8. The van der Waals surface area contributed by atoms with Crippen LogP contribution in [0.15, 0.2) is 24.3 Å². The van der Waals surface area contributed by atoms with E-state index in [9.17, 15) is 5.11 Å². The lowest BCUT2D eigenvalue weighted by molar-refractivity contribution is -0.0272. The smallest absolute Gasteiger partial charge is 0.165 e. The van der Waals surface area contributed by atoms with Gasteiger partial charge in [0, 0.05) is 11.0 Å². The fourth-order valence-corrected chi connectivity index (χ4v) is 5.53. The molecule has 4 aliphatic rings. The summed E-state index contributed by atoms with van der Waals surface area (Å²) in [6, 6.07) is 4.24. The first-order valence-electron chi connectivity index (χ1n) is 7.99. The van der Waals surface area contributed by atoms with Gasteiger partial charge in [0.25, 0.3) is 0 Å². The molecule has 0 saturated heterocycles. The first-order chi connectivity index (χ1) is 10.3. The summed E-state index contributed by atoms with van der Waals surface area (Å²) in [6.45, 7) is 0. The highest BCUT2D eigenvalue weighted by Crippen LogP contribution is 2.64. The van der Waals surface area contributed by atoms with Crippen LogP contribution in [0.4, 0.5) is 0 Å². The second-order valence-corrected chi connectivity index (χ2v) is 6.97. The largest absolute Gasteiger partial charge is 0.493 e. The molecule has 3 aliphatic carbocycles. The van der Waals surface area contributed by atoms with Gasteiger partial charge >= 0.3 is 0 Å². The van der Waals surface area contributed by atoms with E-state index >= 15 is 0 Å². The maximum atomic E-state index is 10.5. The minimum atomic E-state index is -0.511. The van der Waals surface area contributed by atoms with E-state index < -0.39 is 6.10 Å². The number of hydrogen-bond donors (Lipinski definition) is 1.